The number of rotatable bonds is 8. The molecule has 484 valence electrons. The van der Waals surface area contributed by atoms with E-state index in [1.807, 2.05) is 27.7 Å². The number of para-hydroxylation sites is 8. The van der Waals surface area contributed by atoms with Gasteiger partial charge in [0.25, 0.3) is 0 Å². The average Bonchev–Trinajstić information content (AvgIpc) is 1.63. The maximum absolute atomic E-state index is 5.71. The Labute approximate surface area is 582 Å². The number of hydrogen-bond acceptors (Lipinski definition) is 8. The number of benzene rings is 12. The molecule has 100 heavy (non-hydrogen) atoms. The van der Waals surface area contributed by atoms with Crippen molar-refractivity contribution in [2.45, 2.75) is 27.7 Å². The molecule has 0 bridgehead atoms. The molecule has 8 heterocycles. The van der Waals surface area contributed by atoms with Gasteiger partial charge >= 0.3 is 28.5 Å². The zero-order chi connectivity index (χ0) is 67.2. The third kappa shape index (κ3) is 12.0. The van der Waals surface area contributed by atoms with Gasteiger partial charge in [-0.3, -0.25) is 0 Å². The number of aromatic nitrogens is 4. The predicted octanol–water partition coefficient (Wildman–Crippen LogP) is 16.3. The van der Waals surface area contributed by atoms with Gasteiger partial charge in [-0.2, -0.15) is 26.1 Å². The van der Waals surface area contributed by atoms with E-state index in [2.05, 4.69) is 309 Å². The lowest BCUT2D eigenvalue weighted by molar-refractivity contribution is 0.369. The lowest BCUT2D eigenvalue weighted by atomic mass is 9.79. The van der Waals surface area contributed by atoms with Crippen molar-refractivity contribution < 1.29 is 37.2 Å². The van der Waals surface area contributed by atoms with Crippen molar-refractivity contribution in [2.24, 2.45) is 0 Å². The maximum Gasteiger partial charge on any atom is 0.552 e. The van der Waals surface area contributed by atoms with Crippen LogP contribution < -0.4 is 21.9 Å². The topological polar surface area (TPSA) is 93.6 Å². The highest BCUT2D eigenvalue weighted by Gasteiger charge is 2.41. The van der Waals surface area contributed by atoms with E-state index in [0.717, 1.165) is 69.0 Å². The zero-order valence-corrected chi connectivity index (χ0v) is 55.9. The van der Waals surface area contributed by atoms with Crippen LogP contribution in [-0.4, -0.2) is 73.2 Å². The Hall–Kier alpha value is -10.5. The molecular formula is C84H68B4N4O8. The molecule has 0 unspecified atom stereocenters. The molecule has 0 saturated carbocycles. The van der Waals surface area contributed by atoms with Gasteiger partial charge in [0.1, 0.15) is 13.8 Å². The maximum atomic E-state index is 5.71. The van der Waals surface area contributed by atoms with Crippen LogP contribution in [0.3, 0.4) is 0 Å². The van der Waals surface area contributed by atoms with Gasteiger partial charge in [-0.15, -0.1) is 0 Å². The molecule has 20 rings (SSSR count). The van der Waals surface area contributed by atoms with Gasteiger partial charge in [0, 0.05) is 65.8 Å². The summed E-state index contributed by atoms with van der Waals surface area (Å²) in [5, 5.41) is 10.2. The van der Waals surface area contributed by atoms with Gasteiger partial charge < -0.3 is 46.2 Å². The van der Waals surface area contributed by atoms with Crippen LogP contribution in [0.4, 0.5) is 0 Å². The molecule has 12 aromatic carbocycles. The van der Waals surface area contributed by atoms with Crippen molar-refractivity contribution in [2.75, 3.05) is 26.4 Å². The molecule has 12 nitrogen and oxygen atoms in total. The molecule has 0 aliphatic carbocycles. The molecule has 4 aliphatic heterocycles. The molecule has 4 aliphatic rings. The summed E-state index contributed by atoms with van der Waals surface area (Å²) in [6.07, 6.45) is 3.71. The summed E-state index contributed by atoms with van der Waals surface area (Å²) in [5.41, 5.74) is 18.5. The van der Waals surface area contributed by atoms with Crippen LogP contribution in [0.5, 0.6) is 0 Å². The Morgan fingerprint density at radius 2 is 0.460 bits per heavy atom. The first-order valence-corrected chi connectivity index (χ1v) is 34.0. The molecule has 16 aromatic rings. The van der Waals surface area contributed by atoms with Crippen molar-refractivity contribution in [3.8, 4) is 22.7 Å². The molecule has 0 spiro atoms. The van der Waals surface area contributed by atoms with E-state index in [1.54, 1.807) is 0 Å². The van der Waals surface area contributed by atoms with Crippen LogP contribution >= 0.6 is 0 Å². The van der Waals surface area contributed by atoms with E-state index in [9.17, 15) is 0 Å². The van der Waals surface area contributed by atoms with E-state index in [-0.39, 0.29) is 28.5 Å². The van der Waals surface area contributed by atoms with E-state index in [4.69, 9.17) is 37.2 Å². The molecule has 0 N–H and O–H groups in total. The highest BCUT2D eigenvalue weighted by atomic mass is 16.7. The third-order valence-electron chi connectivity index (χ3n) is 19.0. The first-order valence-electron chi connectivity index (χ1n) is 34.0. The minimum atomic E-state index is -0.285. The summed E-state index contributed by atoms with van der Waals surface area (Å²) in [4.78, 5) is 0. The van der Waals surface area contributed by atoms with Crippen molar-refractivity contribution in [3.63, 3.8) is 0 Å². The Morgan fingerprint density at radius 3 is 0.640 bits per heavy atom. The van der Waals surface area contributed by atoms with E-state index < -0.39 is 0 Å². The van der Waals surface area contributed by atoms with Crippen LogP contribution in [0.25, 0.3) is 110 Å². The normalized spacial score (nSPS) is 15.1. The lowest BCUT2D eigenvalue weighted by Gasteiger charge is -2.16. The minimum absolute atomic E-state index is 0.285. The van der Waals surface area contributed by atoms with Crippen molar-refractivity contribution in [3.05, 3.63) is 316 Å². The second-order valence-electron chi connectivity index (χ2n) is 25.7. The Kier molecular flexibility index (Phi) is 17.2. The average molecular weight is 1300 g/mol. The summed E-state index contributed by atoms with van der Waals surface area (Å²) in [6, 6.07) is 102. The summed E-state index contributed by atoms with van der Waals surface area (Å²) < 4.78 is 54.7. The molecule has 4 fully saturated rings. The fraction of sp³-hybridized carbons (Fsp3) is 0.0952. The van der Waals surface area contributed by atoms with E-state index >= 15 is 0 Å². The van der Waals surface area contributed by atoms with Gasteiger partial charge in [0.15, 0.2) is 0 Å². The summed E-state index contributed by atoms with van der Waals surface area (Å²) in [5.74, 6) is 0. The van der Waals surface area contributed by atoms with Crippen molar-refractivity contribution >= 4 is 138 Å². The van der Waals surface area contributed by atoms with Crippen molar-refractivity contribution in [1.82, 2.24) is 18.3 Å². The number of fused-ring (bicyclic) bond motifs is 12. The van der Waals surface area contributed by atoms with Gasteiger partial charge in [-0.1, -0.05) is 207 Å². The van der Waals surface area contributed by atoms with Gasteiger partial charge in [-0.25, -0.2) is 9.31 Å². The summed E-state index contributed by atoms with van der Waals surface area (Å²) >= 11 is 0. The minimum Gasteiger partial charge on any atom is -0.581 e. The van der Waals surface area contributed by atoms with Crippen LogP contribution in [0.2, 0.25) is 0 Å². The fourth-order valence-electron chi connectivity index (χ4n) is 14.4. The van der Waals surface area contributed by atoms with E-state index in [0.29, 0.717) is 26.4 Å². The number of hydrogen-bond donors (Lipinski definition) is 0. The second-order valence-corrected chi connectivity index (χ2v) is 25.7. The monoisotopic (exact) mass is 1300 g/mol. The molecular weight excluding hydrogens is 1240 g/mol. The SMILES string of the molecule is C[C+]1COB(c2ccc(-n3c4ccccc4c4ccccc43)cc2)O1.C[C+]1COB(c2ccc(-n3c4ccccc4c4ccccc43)cc2)O1.C[C-]1COB(c2ccc(-n3c4ccccc4c4ccccc43)cc2)O1.C[C-]1COB(c2ccc(-n3c4ccccc4c4ccccc43)cc2)O1. The van der Waals surface area contributed by atoms with Crippen LogP contribution in [0.1, 0.15) is 27.7 Å². The fourth-order valence-corrected chi connectivity index (χ4v) is 14.4. The van der Waals surface area contributed by atoms with Crippen molar-refractivity contribution in [1.29, 1.82) is 0 Å². The molecule has 16 heteroatoms. The summed E-state index contributed by atoms with van der Waals surface area (Å²) in [6.45, 7) is 10.1. The first kappa shape index (κ1) is 63.0. The zero-order valence-electron chi connectivity index (χ0n) is 55.9. The Bertz CT molecular complexity index is 4700. The van der Waals surface area contributed by atoms with Gasteiger partial charge in [0.05, 0.1) is 44.1 Å². The van der Waals surface area contributed by atoms with Gasteiger partial charge in [0.2, 0.25) is 25.4 Å². The smallest absolute Gasteiger partial charge is 0.552 e. The lowest BCUT2D eigenvalue weighted by Crippen LogP contribution is -2.31. The summed E-state index contributed by atoms with van der Waals surface area (Å²) in [7, 11) is -1.14. The molecule has 0 amide bonds. The predicted molar refractivity (Wildman–Crippen MR) is 408 cm³/mol. The first-order chi connectivity index (χ1) is 49.2. The van der Waals surface area contributed by atoms with Crippen LogP contribution in [0, 0.1) is 24.4 Å². The number of nitrogens with zero attached hydrogens (tertiary/aromatic N) is 4. The Balaban J connectivity index is 0.0000000997. The second kappa shape index (κ2) is 27.3. The third-order valence-corrected chi connectivity index (χ3v) is 19.0. The van der Waals surface area contributed by atoms with Crippen LogP contribution in [0.15, 0.2) is 291 Å². The highest BCUT2D eigenvalue weighted by molar-refractivity contribution is 6.63. The molecule has 4 aromatic heterocycles. The van der Waals surface area contributed by atoms with Crippen LogP contribution in [-0.2, 0) is 37.2 Å². The molecule has 0 atom stereocenters. The quantitative estimate of drug-likeness (QED) is 0.110. The highest BCUT2D eigenvalue weighted by Crippen LogP contribution is 2.36. The largest absolute Gasteiger partial charge is 0.581 e. The van der Waals surface area contributed by atoms with Gasteiger partial charge in [-0.05, 0) is 119 Å². The molecule has 4 saturated heterocycles. The standard InChI is InChI=1S/4C21H17BNO2/c4*1-15-14-24-22(25-15)16-10-12-17(13-11-16)23-20-8-4-2-6-18(20)19-7-3-5-9-21(19)23/h4*2-13H,14H2,1H3/q2*-1;2*+1. The van der Waals surface area contributed by atoms with E-state index in [1.165, 1.54) is 87.2 Å². The molecule has 0 radical (unpaired) electrons. The Morgan fingerprint density at radius 1 is 0.260 bits per heavy atom.